The zero-order valence-corrected chi connectivity index (χ0v) is 23.1. The van der Waals surface area contributed by atoms with Crippen molar-refractivity contribution in [2.45, 2.75) is 32.7 Å². The van der Waals surface area contributed by atoms with Crippen molar-refractivity contribution in [1.82, 2.24) is 24.5 Å². The van der Waals surface area contributed by atoms with Crippen LogP contribution in [0.25, 0.3) is 4.96 Å². The van der Waals surface area contributed by atoms with E-state index in [1.54, 1.807) is 27.6 Å². The lowest BCUT2D eigenvalue weighted by atomic mass is 9.95. The van der Waals surface area contributed by atoms with E-state index < -0.39 is 21.9 Å². The van der Waals surface area contributed by atoms with E-state index in [0.29, 0.717) is 41.5 Å². The van der Waals surface area contributed by atoms with Crippen molar-refractivity contribution >= 4 is 49.6 Å². The van der Waals surface area contributed by atoms with Gasteiger partial charge in [-0.25, -0.2) is 27.3 Å². The predicted octanol–water partition coefficient (Wildman–Crippen LogP) is 3.77. The second-order valence-corrected chi connectivity index (χ2v) is 12.2. The predicted molar refractivity (Wildman–Crippen MR) is 142 cm³/mol. The molecular formula is C24H24ClFN6O4S2. The molecule has 0 spiro atoms. The number of hydrogen-bond acceptors (Lipinski definition) is 8. The summed E-state index contributed by atoms with van der Waals surface area (Å²) in [4.78, 5) is 24.8. The van der Waals surface area contributed by atoms with Gasteiger partial charge in [0.05, 0.1) is 23.3 Å². The molecule has 1 aliphatic heterocycles. The van der Waals surface area contributed by atoms with Gasteiger partial charge in [-0.2, -0.15) is 5.10 Å². The van der Waals surface area contributed by atoms with Gasteiger partial charge in [0.25, 0.3) is 5.91 Å². The van der Waals surface area contributed by atoms with Crippen LogP contribution in [0.1, 0.15) is 40.6 Å². The number of rotatable bonds is 7. The molecule has 5 rings (SSSR count). The summed E-state index contributed by atoms with van der Waals surface area (Å²) in [7, 11) is -3.49. The van der Waals surface area contributed by atoms with E-state index in [4.69, 9.17) is 16.3 Å². The molecule has 38 heavy (non-hydrogen) atoms. The number of pyridine rings is 1. The number of hydrogen-bond donors (Lipinski definition) is 1. The van der Waals surface area contributed by atoms with Crippen molar-refractivity contribution in [2.75, 3.05) is 24.1 Å². The van der Waals surface area contributed by atoms with Gasteiger partial charge in [0, 0.05) is 23.6 Å². The number of aromatic nitrogens is 4. The molecule has 1 aromatic carbocycles. The zero-order chi connectivity index (χ0) is 27.2. The molecule has 0 aliphatic carbocycles. The Bertz CT molecular complexity index is 1660. The van der Waals surface area contributed by atoms with Crippen molar-refractivity contribution < 1.29 is 22.3 Å². The van der Waals surface area contributed by atoms with E-state index in [-0.39, 0.29) is 28.9 Å². The number of benzene rings is 1. The fourth-order valence-corrected chi connectivity index (χ4v) is 5.93. The first kappa shape index (κ1) is 26.3. The number of aryl methyl sites for hydroxylation is 2. The molecule has 14 heteroatoms. The number of carbonyl (C=O) groups is 1. The first-order valence-electron chi connectivity index (χ1n) is 11.7. The van der Waals surface area contributed by atoms with E-state index in [1.807, 2.05) is 13.8 Å². The topological polar surface area (TPSA) is 119 Å². The number of amides is 1. The van der Waals surface area contributed by atoms with Crippen molar-refractivity contribution in [2.24, 2.45) is 0 Å². The minimum Gasteiger partial charge on any atom is -0.482 e. The largest absolute Gasteiger partial charge is 0.482 e. The minimum absolute atomic E-state index is 0.160. The number of ether oxygens (including phenoxy) is 1. The molecule has 0 bridgehead atoms. The molecule has 4 aromatic rings. The van der Waals surface area contributed by atoms with Crippen LogP contribution in [-0.4, -0.2) is 58.2 Å². The molecule has 10 nitrogen and oxygen atoms in total. The average molecular weight is 579 g/mol. The maximum atomic E-state index is 15.2. The Labute approximate surface area is 227 Å². The lowest BCUT2D eigenvalue weighted by Gasteiger charge is -2.35. The van der Waals surface area contributed by atoms with Gasteiger partial charge in [0.15, 0.2) is 6.61 Å². The summed E-state index contributed by atoms with van der Waals surface area (Å²) in [5.74, 6) is -0.387. The van der Waals surface area contributed by atoms with Gasteiger partial charge < -0.3 is 9.64 Å². The van der Waals surface area contributed by atoms with E-state index in [0.717, 1.165) is 17.0 Å². The fourth-order valence-electron chi connectivity index (χ4n) is 4.51. The van der Waals surface area contributed by atoms with E-state index in [9.17, 15) is 13.2 Å². The summed E-state index contributed by atoms with van der Waals surface area (Å²) in [6, 6.07) is 6.63. The number of anilines is 1. The van der Waals surface area contributed by atoms with Crippen LogP contribution in [0.2, 0.25) is 5.02 Å². The summed E-state index contributed by atoms with van der Waals surface area (Å²) in [6.07, 6.45) is 1.97. The van der Waals surface area contributed by atoms with Gasteiger partial charge in [-0.15, -0.1) is 0 Å². The van der Waals surface area contributed by atoms with Crippen molar-refractivity contribution in [3.05, 3.63) is 68.8 Å². The molecule has 1 aliphatic rings. The van der Waals surface area contributed by atoms with Crippen LogP contribution in [0.5, 0.6) is 5.75 Å². The first-order valence-corrected chi connectivity index (χ1v) is 14.8. The molecule has 3 aromatic heterocycles. The maximum absolute atomic E-state index is 15.2. The van der Waals surface area contributed by atoms with Crippen LogP contribution in [0.15, 0.2) is 30.3 Å². The van der Waals surface area contributed by atoms with Crippen LogP contribution in [0.4, 0.5) is 10.2 Å². The minimum atomic E-state index is -3.49. The van der Waals surface area contributed by atoms with Gasteiger partial charge in [0.2, 0.25) is 15.0 Å². The first-order chi connectivity index (χ1) is 18.0. The molecule has 0 saturated heterocycles. The third kappa shape index (κ3) is 5.18. The molecule has 0 radical (unpaired) electrons. The molecule has 0 fully saturated rings. The Morgan fingerprint density at radius 1 is 1.29 bits per heavy atom. The number of nitrogens with one attached hydrogen (secondary N) is 1. The molecular weight excluding hydrogens is 555 g/mol. The highest BCUT2D eigenvalue weighted by atomic mass is 35.5. The molecule has 1 amide bonds. The van der Waals surface area contributed by atoms with Gasteiger partial charge in [0.1, 0.15) is 28.4 Å². The average Bonchev–Trinajstić information content (AvgIpc) is 3.37. The number of carbonyl (C=O) groups excluding carboxylic acids is 1. The van der Waals surface area contributed by atoms with Crippen LogP contribution in [0.3, 0.4) is 0 Å². The summed E-state index contributed by atoms with van der Waals surface area (Å²) in [5.41, 5.74) is 2.17. The molecule has 200 valence electrons. The fraction of sp³-hybridized carbons (Fsp3) is 0.333. The Morgan fingerprint density at radius 3 is 2.79 bits per heavy atom. The summed E-state index contributed by atoms with van der Waals surface area (Å²) in [6.45, 7) is 3.68. The third-order valence-electron chi connectivity index (χ3n) is 6.06. The van der Waals surface area contributed by atoms with Crippen LogP contribution in [-0.2, 0) is 27.7 Å². The number of nitrogens with zero attached hydrogens (tertiary/aromatic N) is 5. The number of imidazole rings is 1. The summed E-state index contributed by atoms with van der Waals surface area (Å²) < 4.78 is 48.2. The standard InChI is InChI=1S/C24H24ClFN6O4S2/c1-4-17-19(7-8-20(27-17)30-38(3,34)35)36-12-21(33)31-10-9-18-23(32-24(28-18)37-13(2)29-32)22(31)15-6-5-14(25)11-16(15)26/h5-8,11,22H,4,9-10,12H2,1-3H3,(H,27,30). The SMILES string of the molecule is CCc1nc(NS(C)(=O)=O)ccc1OCC(=O)N1CCc2nc3sc(C)nn3c2C1c1ccc(Cl)cc1F. The number of halogens is 2. The molecule has 0 saturated carbocycles. The lowest BCUT2D eigenvalue weighted by Crippen LogP contribution is -2.43. The second-order valence-electron chi connectivity index (χ2n) is 8.82. The second kappa shape index (κ2) is 10.1. The van der Waals surface area contributed by atoms with Gasteiger partial charge in [-0.1, -0.05) is 35.9 Å². The molecule has 1 N–H and O–H groups in total. The van der Waals surface area contributed by atoms with E-state index in [2.05, 4.69) is 19.8 Å². The van der Waals surface area contributed by atoms with Crippen LogP contribution < -0.4 is 9.46 Å². The van der Waals surface area contributed by atoms with E-state index in [1.165, 1.54) is 23.5 Å². The molecule has 1 unspecified atom stereocenters. The van der Waals surface area contributed by atoms with Crippen molar-refractivity contribution in [3.8, 4) is 5.75 Å². The molecule has 1 atom stereocenters. The van der Waals surface area contributed by atoms with Crippen molar-refractivity contribution in [3.63, 3.8) is 0 Å². The lowest BCUT2D eigenvalue weighted by molar-refractivity contribution is -0.135. The molecule has 4 heterocycles. The van der Waals surface area contributed by atoms with E-state index >= 15 is 4.39 Å². The smallest absolute Gasteiger partial charge is 0.261 e. The normalized spacial score (nSPS) is 15.5. The Kier molecular flexibility index (Phi) is 7.01. The van der Waals surface area contributed by atoms with Gasteiger partial charge in [-0.3, -0.25) is 9.52 Å². The quantitative estimate of drug-likeness (QED) is 0.354. The third-order valence-corrected chi connectivity index (χ3v) is 7.70. The van der Waals surface area contributed by atoms with Gasteiger partial charge in [-0.05, 0) is 37.6 Å². The van der Waals surface area contributed by atoms with Crippen LogP contribution >= 0.6 is 22.9 Å². The summed E-state index contributed by atoms with van der Waals surface area (Å²) >= 11 is 7.44. The highest BCUT2D eigenvalue weighted by Crippen LogP contribution is 2.38. The highest BCUT2D eigenvalue weighted by molar-refractivity contribution is 7.92. The summed E-state index contributed by atoms with van der Waals surface area (Å²) in [5, 5.41) is 5.60. The highest BCUT2D eigenvalue weighted by Gasteiger charge is 2.38. The Hall–Kier alpha value is -3.29. The van der Waals surface area contributed by atoms with Crippen LogP contribution in [0, 0.1) is 12.7 Å². The Balaban J connectivity index is 1.46. The number of fused-ring (bicyclic) bond motifs is 3. The van der Waals surface area contributed by atoms with Crippen molar-refractivity contribution in [1.29, 1.82) is 0 Å². The monoisotopic (exact) mass is 578 g/mol. The van der Waals surface area contributed by atoms with Gasteiger partial charge >= 0.3 is 0 Å². The maximum Gasteiger partial charge on any atom is 0.261 e. The zero-order valence-electron chi connectivity index (χ0n) is 20.7. The Morgan fingerprint density at radius 2 is 2.08 bits per heavy atom. The number of sulfonamides is 1.